The van der Waals surface area contributed by atoms with Gasteiger partial charge in [0.25, 0.3) is 0 Å². The van der Waals surface area contributed by atoms with E-state index < -0.39 is 0 Å². The van der Waals surface area contributed by atoms with Gasteiger partial charge in [-0.15, -0.1) is 0 Å². The first kappa shape index (κ1) is 38.1. The van der Waals surface area contributed by atoms with Crippen LogP contribution in [0.4, 0.5) is 0 Å². The van der Waals surface area contributed by atoms with E-state index in [4.69, 9.17) is 9.47 Å². The van der Waals surface area contributed by atoms with Gasteiger partial charge in [-0.05, 0) is 99.3 Å². The number of ether oxygens (including phenoxy) is 2. The van der Waals surface area contributed by atoms with Crippen molar-refractivity contribution in [3.05, 3.63) is 97.6 Å². The number of aromatic amines is 2. The Morgan fingerprint density at radius 1 is 0.509 bits per heavy atom. The van der Waals surface area contributed by atoms with E-state index in [0.717, 1.165) is 72.8 Å². The first-order chi connectivity index (χ1) is 25.0. The highest BCUT2D eigenvalue weighted by atomic mass is 35.5. The molecule has 0 amide bonds. The zero-order valence-electron chi connectivity index (χ0n) is 31.0. The van der Waals surface area contributed by atoms with Crippen molar-refractivity contribution in [2.75, 3.05) is 54.5 Å². The van der Waals surface area contributed by atoms with Gasteiger partial charge < -0.3 is 54.1 Å². The van der Waals surface area contributed by atoms with Crippen molar-refractivity contribution in [3.63, 3.8) is 0 Å². The maximum Gasteiger partial charge on any atom is 0.177 e. The van der Waals surface area contributed by atoms with Crippen LogP contribution in [0.2, 0.25) is 0 Å². The van der Waals surface area contributed by atoms with Crippen molar-refractivity contribution >= 4 is 65.2 Å². The summed E-state index contributed by atoms with van der Waals surface area (Å²) in [6.07, 6.45) is 12.7. The molecule has 8 rings (SSSR count). The van der Waals surface area contributed by atoms with E-state index in [-0.39, 0.29) is 24.8 Å². The first-order valence-corrected chi connectivity index (χ1v) is 18.2. The molecule has 8 nitrogen and oxygen atoms in total. The third-order valence-corrected chi connectivity index (χ3v) is 10.6. The number of rotatable bonds is 14. The highest BCUT2D eigenvalue weighted by molar-refractivity contribution is 6.21. The average molecular weight is 752 g/mol. The predicted octanol–water partition coefficient (Wildman–Crippen LogP) is 1.60. The topological polar surface area (TPSA) is 64.3 Å². The minimum absolute atomic E-state index is 0. The molecule has 0 unspecified atom stereocenters. The fourth-order valence-corrected chi connectivity index (χ4v) is 7.64. The van der Waals surface area contributed by atoms with Crippen LogP contribution >= 0.6 is 0 Å². The van der Waals surface area contributed by atoms with E-state index in [1.165, 1.54) is 62.4 Å². The molecule has 0 saturated heterocycles. The summed E-state index contributed by atoms with van der Waals surface area (Å²) in [6, 6.07) is 25.8. The average Bonchev–Trinajstić information content (AvgIpc) is 3.73. The smallest absolute Gasteiger partial charge is 0.177 e. The summed E-state index contributed by atoms with van der Waals surface area (Å²) >= 11 is 0. The van der Waals surface area contributed by atoms with Crippen molar-refractivity contribution in [1.82, 2.24) is 19.8 Å². The molecule has 2 N–H and O–H groups in total. The van der Waals surface area contributed by atoms with E-state index >= 15 is 0 Å². The van der Waals surface area contributed by atoms with Gasteiger partial charge in [0.1, 0.15) is 11.5 Å². The minimum atomic E-state index is 0. The van der Waals surface area contributed by atoms with Crippen LogP contribution in [0.5, 0.6) is 11.5 Å². The second-order valence-electron chi connectivity index (χ2n) is 14.1. The van der Waals surface area contributed by atoms with Crippen LogP contribution in [0.15, 0.2) is 97.6 Å². The molecule has 0 radical (unpaired) electrons. The Morgan fingerprint density at radius 2 is 0.943 bits per heavy atom. The number of aromatic nitrogens is 4. The van der Waals surface area contributed by atoms with E-state index in [2.05, 4.69) is 128 Å². The summed E-state index contributed by atoms with van der Waals surface area (Å²) in [5, 5.41) is 9.99. The molecule has 10 heteroatoms. The second-order valence-corrected chi connectivity index (χ2v) is 14.1. The molecule has 0 aliphatic rings. The molecule has 0 bridgehead atoms. The molecule has 0 atom stereocenters. The highest BCUT2D eigenvalue weighted by Crippen LogP contribution is 2.35. The number of benzene rings is 4. The van der Waals surface area contributed by atoms with E-state index in [1.807, 2.05) is 12.1 Å². The maximum absolute atomic E-state index is 5.53. The highest BCUT2D eigenvalue weighted by Gasteiger charge is 2.15. The van der Waals surface area contributed by atoms with Crippen LogP contribution in [0.3, 0.4) is 0 Å². The maximum atomic E-state index is 5.53. The van der Waals surface area contributed by atoms with Gasteiger partial charge in [0.05, 0.1) is 38.1 Å². The monoisotopic (exact) mass is 750 g/mol. The third-order valence-electron chi connectivity index (χ3n) is 10.6. The van der Waals surface area contributed by atoms with Gasteiger partial charge >= 0.3 is 0 Å². The summed E-state index contributed by atoms with van der Waals surface area (Å²) in [5.74, 6) is 1.76. The van der Waals surface area contributed by atoms with Crippen LogP contribution in [-0.4, -0.2) is 74.3 Å². The first-order valence-electron chi connectivity index (χ1n) is 18.2. The van der Waals surface area contributed by atoms with Crippen LogP contribution in [0.25, 0.3) is 65.2 Å². The number of nitrogens with one attached hydrogen (secondary N) is 2. The van der Waals surface area contributed by atoms with E-state index in [0.29, 0.717) is 0 Å². The molecular weight excluding hydrogens is 703 g/mol. The number of likely N-dealkylation sites (N-methyl/N-ethyl adjacent to an activating group) is 2. The summed E-state index contributed by atoms with van der Waals surface area (Å²) in [6.45, 7) is 6.20. The van der Waals surface area contributed by atoms with Crippen LogP contribution in [0, 0.1) is 0 Å². The molecule has 53 heavy (non-hydrogen) atoms. The normalized spacial score (nSPS) is 11.7. The van der Waals surface area contributed by atoms with Crippen molar-refractivity contribution in [3.8, 4) is 11.5 Å². The lowest BCUT2D eigenvalue weighted by Crippen LogP contribution is -3.00. The van der Waals surface area contributed by atoms with Gasteiger partial charge in [-0.25, -0.2) is 9.13 Å². The number of fused-ring (bicyclic) bond motifs is 10. The number of hydrogen-bond donors (Lipinski definition) is 2. The van der Waals surface area contributed by atoms with Gasteiger partial charge in [0.15, 0.2) is 37.9 Å². The van der Waals surface area contributed by atoms with Crippen molar-refractivity contribution in [2.24, 2.45) is 0 Å². The second kappa shape index (κ2) is 16.6. The number of unbranched alkanes of at least 4 members (excludes halogenated alkanes) is 2. The van der Waals surface area contributed by atoms with Gasteiger partial charge in [-0.1, -0.05) is 18.6 Å². The van der Waals surface area contributed by atoms with Gasteiger partial charge in [-0.3, -0.25) is 0 Å². The lowest BCUT2D eigenvalue weighted by atomic mass is 10.1. The Bertz CT molecular complexity index is 2340. The van der Waals surface area contributed by atoms with Crippen molar-refractivity contribution < 1.29 is 43.4 Å². The molecule has 4 aromatic carbocycles. The zero-order valence-corrected chi connectivity index (χ0v) is 32.5. The Balaban J connectivity index is 0.00000240. The number of methoxy groups -OCH3 is 2. The Labute approximate surface area is 323 Å². The summed E-state index contributed by atoms with van der Waals surface area (Å²) in [5.41, 5.74) is 4.59. The number of halogens is 2. The predicted molar refractivity (Wildman–Crippen MR) is 209 cm³/mol. The summed E-state index contributed by atoms with van der Waals surface area (Å²) in [4.78, 5) is 12.1. The molecule has 0 aliphatic carbocycles. The quantitative estimate of drug-likeness (QED) is 0.131. The summed E-state index contributed by atoms with van der Waals surface area (Å²) < 4.78 is 15.7. The molecule has 276 valence electrons. The zero-order chi connectivity index (χ0) is 34.9. The molecule has 0 spiro atoms. The van der Waals surface area contributed by atoms with E-state index in [1.54, 1.807) is 14.2 Å². The van der Waals surface area contributed by atoms with E-state index in [9.17, 15) is 0 Å². The summed E-state index contributed by atoms with van der Waals surface area (Å²) in [7, 11) is 7.95. The molecule has 0 aliphatic heterocycles. The lowest BCUT2D eigenvalue weighted by Gasteiger charge is -2.17. The molecule has 8 aromatic rings. The fourth-order valence-electron chi connectivity index (χ4n) is 7.64. The molecule has 0 fully saturated rings. The molecule has 0 saturated carbocycles. The number of pyridine rings is 2. The fraction of sp³-hybridized carbons (Fsp3) is 0.302. The Hall–Kier alpha value is -4.60. The van der Waals surface area contributed by atoms with Crippen LogP contribution < -0.4 is 43.4 Å². The third kappa shape index (κ3) is 7.87. The van der Waals surface area contributed by atoms with Crippen molar-refractivity contribution in [1.29, 1.82) is 0 Å². The van der Waals surface area contributed by atoms with Gasteiger partial charge in [0, 0.05) is 55.7 Å². The van der Waals surface area contributed by atoms with Crippen molar-refractivity contribution in [2.45, 2.75) is 32.4 Å². The van der Waals surface area contributed by atoms with Gasteiger partial charge in [-0.2, -0.15) is 0 Å². The van der Waals surface area contributed by atoms with Crippen LogP contribution in [-0.2, 0) is 13.1 Å². The largest absolute Gasteiger partial charge is 1.00 e. The number of hydrogen-bond acceptors (Lipinski definition) is 4. The van der Waals surface area contributed by atoms with Crippen LogP contribution in [0.1, 0.15) is 19.3 Å². The minimum Gasteiger partial charge on any atom is -1.00 e. The molecular formula is C43H48Cl2N6O2. The lowest BCUT2D eigenvalue weighted by molar-refractivity contribution is -0.695. The number of H-pyrrole nitrogens is 2. The standard InChI is InChI=1S/C43H46N6O2.2ClH/c1-46(22-24-48-20-16-30-8-12-40-42(36(30)28-48)34-26-32(50-3)10-14-38(34)44-40)18-6-5-7-19-47(2)23-25-49-21-17-31-9-13-41-43(37(31)29-49)35-27-33(51-4)11-15-39(35)45-41;;/h8-17,20-21,26-29H,5-7,18-19,22-25H2,1-4H3;2*1H. The molecule has 4 aromatic heterocycles. The molecule has 4 heterocycles. The SMILES string of the molecule is COc1ccc2[nH]c3ccc4cc[n+](CCN(C)CCCCCN(C)CC[n+]5ccc6ccc7[nH]c8ccc(OC)cc8c7c6c5)cc4c3c2c1.[Cl-].[Cl-]. The number of nitrogens with zero attached hydrogens (tertiary/aromatic N) is 4. The van der Waals surface area contributed by atoms with Gasteiger partial charge in [0.2, 0.25) is 0 Å². The Kier molecular flexibility index (Phi) is 11.9. The Morgan fingerprint density at radius 3 is 1.38 bits per heavy atom.